The van der Waals surface area contributed by atoms with Gasteiger partial charge in [-0.05, 0) is 127 Å². The first-order valence-corrected chi connectivity index (χ1v) is 22.9. The minimum atomic E-state index is -0.170. The summed E-state index contributed by atoms with van der Waals surface area (Å²) in [5, 5.41) is 14.9. The fourth-order valence-corrected chi connectivity index (χ4v) is 11.5. The summed E-state index contributed by atoms with van der Waals surface area (Å²) in [6, 6.07) is 80.3. The quantitative estimate of drug-likeness (QED) is 0.149. The molecule has 0 N–H and O–H groups in total. The number of fused-ring (bicyclic) bond motifs is 3. The van der Waals surface area contributed by atoms with E-state index in [9.17, 15) is 0 Å². The van der Waals surface area contributed by atoms with Gasteiger partial charge in [0.2, 0.25) is 0 Å². The van der Waals surface area contributed by atoms with E-state index in [1.165, 1.54) is 76.1 Å². The smallest absolute Gasteiger partial charge is 0.135 e. The molecule has 0 atom stereocenters. The van der Waals surface area contributed by atoms with E-state index in [1.54, 1.807) is 0 Å². The molecular formula is C63H42N2O. The molecule has 0 fully saturated rings. The van der Waals surface area contributed by atoms with Gasteiger partial charge in [-0.15, -0.1) is 0 Å². The zero-order valence-corrected chi connectivity index (χ0v) is 36.6. The Morgan fingerprint density at radius 1 is 0.333 bits per heavy atom. The zero-order chi connectivity index (χ0) is 43.7. The summed E-state index contributed by atoms with van der Waals surface area (Å²) < 4.78 is 6.41. The van der Waals surface area contributed by atoms with Crippen LogP contribution < -0.4 is 9.80 Å². The van der Waals surface area contributed by atoms with E-state index >= 15 is 0 Å². The number of nitrogens with zero attached hydrogens (tertiary/aromatic N) is 2. The van der Waals surface area contributed by atoms with E-state index in [0.29, 0.717) is 0 Å². The lowest BCUT2D eigenvalue weighted by atomic mass is 9.81. The maximum atomic E-state index is 6.41. The van der Waals surface area contributed by atoms with Gasteiger partial charge >= 0.3 is 0 Å². The maximum absolute atomic E-state index is 6.41. The third-order valence-electron chi connectivity index (χ3n) is 14.5. The van der Waals surface area contributed by atoms with Crippen molar-refractivity contribution < 1.29 is 4.42 Å². The van der Waals surface area contributed by atoms with Crippen molar-refractivity contribution in [2.75, 3.05) is 9.80 Å². The number of furan rings is 1. The van der Waals surface area contributed by atoms with Crippen molar-refractivity contribution in [3.63, 3.8) is 0 Å². The molecule has 0 amide bonds. The van der Waals surface area contributed by atoms with Crippen LogP contribution in [0.15, 0.2) is 223 Å². The Bertz CT molecular complexity index is 4090. The monoisotopic (exact) mass is 842 g/mol. The molecule has 0 saturated carbocycles. The second-order valence-corrected chi connectivity index (χ2v) is 18.4. The van der Waals surface area contributed by atoms with E-state index < -0.39 is 0 Å². The SMILES string of the molecule is CC1(C)c2cccc3ccc4cc(N(c5ccc6oc7ccccc7c6c5)c5ccc6ccc7c(N(c8ccccc8)c8ccccc8-c8ccccc8)ccc8ccc5c6c87)cc1c4c23. The number of hydrogen-bond donors (Lipinski definition) is 0. The average Bonchev–Trinajstić information content (AvgIpc) is 3.85. The molecule has 1 heterocycles. The van der Waals surface area contributed by atoms with E-state index in [0.717, 1.165) is 56.1 Å². The molecule has 0 radical (unpaired) electrons. The normalized spacial score (nSPS) is 13.1. The van der Waals surface area contributed by atoms with Crippen molar-refractivity contribution in [3.8, 4) is 11.1 Å². The van der Waals surface area contributed by atoms with E-state index in [-0.39, 0.29) is 5.41 Å². The average molecular weight is 843 g/mol. The minimum absolute atomic E-state index is 0.170. The van der Waals surface area contributed by atoms with Crippen molar-refractivity contribution in [1.82, 2.24) is 0 Å². The van der Waals surface area contributed by atoms with Gasteiger partial charge in [0.1, 0.15) is 11.2 Å². The lowest BCUT2D eigenvalue weighted by Gasteiger charge is -2.31. The van der Waals surface area contributed by atoms with Crippen LogP contribution in [0.25, 0.3) is 86.9 Å². The van der Waals surface area contributed by atoms with Gasteiger partial charge in [-0.25, -0.2) is 0 Å². The molecule has 14 rings (SSSR count). The van der Waals surface area contributed by atoms with Crippen LogP contribution in [0.2, 0.25) is 0 Å². The van der Waals surface area contributed by atoms with Crippen LogP contribution in [0.1, 0.15) is 25.0 Å². The summed E-state index contributed by atoms with van der Waals surface area (Å²) >= 11 is 0. The lowest BCUT2D eigenvalue weighted by Crippen LogP contribution is -2.17. The summed E-state index contributed by atoms with van der Waals surface area (Å²) in [6.07, 6.45) is 0. The van der Waals surface area contributed by atoms with Crippen LogP contribution >= 0.6 is 0 Å². The predicted molar refractivity (Wildman–Crippen MR) is 279 cm³/mol. The van der Waals surface area contributed by atoms with Crippen LogP contribution in [0, 0.1) is 0 Å². The Labute approximate surface area is 382 Å². The molecule has 13 aromatic rings. The first kappa shape index (κ1) is 37.0. The predicted octanol–water partition coefficient (Wildman–Crippen LogP) is 18.0. The van der Waals surface area contributed by atoms with Gasteiger partial charge in [-0.1, -0.05) is 166 Å². The van der Waals surface area contributed by atoms with E-state index in [4.69, 9.17) is 4.42 Å². The van der Waals surface area contributed by atoms with Gasteiger partial charge in [0.15, 0.2) is 0 Å². The molecular weight excluding hydrogens is 801 g/mol. The highest BCUT2D eigenvalue weighted by Gasteiger charge is 2.35. The molecule has 1 aliphatic carbocycles. The standard InChI is InChI=1S/C63H42N2O/c1-63(2)52-21-13-16-40-24-25-43-36-46(38-53(63)62(43)61(40)52)64(45-30-35-58-51(37-45)48-20-10-12-23-57(48)66-58)55-33-28-41-27-32-50-56(34-29-42-26-31-49(55)59(41)60(42)50)65(44-17-7-4-8-18-44)54-22-11-9-19-47(54)39-14-5-3-6-15-39/h3-38H,1-2H3. The number of hydrogen-bond acceptors (Lipinski definition) is 3. The van der Waals surface area contributed by atoms with Gasteiger partial charge in [0, 0.05) is 49.6 Å². The van der Waals surface area contributed by atoms with Crippen LogP contribution in [-0.4, -0.2) is 0 Å². The van der Waals surface area contributed by atoms with Gasteiger partial charge in [0.05, 0.1) is 17.1 Å². The molecule has 1 aliphatic rings. The highest BCUT2D eigenvalue weighted by atomic mass is 16.3. The summed E-state index contributed by atoms with van der Waals surface area (Å²) in [5.41, 5.74) is 13.4. The molecule has 1 aromatic heterocycles. The molecule has 3 heteroatoms. The number of para-hydroxylation sites is 3. The summed E-state index contributed by atoms with van der Waals surface area (Å²) in [7, 11) is 0. The largest absolute Gasteiger partial charge is 0.456 e. The minimum Gasteiger partial charge on any atom is -0.456 e. The van der Waals surface area contributed by atoms with Gasteiger partial charge < -0.3 is 14.2 Å². The zero-order valence-electron chi connectivity index (χ0n) is 36.6. The Morgan fingerprint density at radius 2 is 0.939 bits per heavy atom. The highest BCUT2D eigenvalue weighted by molar-refractivity contribution is 6.28. The lowest BCUT2D eigenvalue weighted by molar-refractivity contribution is 0.663. The Morgan fingerprint density at radius 3 is 1.73 bits per heavy atom. The number of benzene rings is 12. The molecule has 0 aliphatic heterocycles. The third kappa shape index (κ3) is 5.26. The summed E-state index contributed by atoms with van der Waals surface area (Å²) in [4.78, 5) is 4.94. The van der Waals surface area contributed by atoms with E-state index in [2.05, 4.69) is 236 Å². The molecule has 310 valence electrons. The molecule has 0 spiro atoms. The molecule has 0 saturated heterocycles. The number of rotatable bonds is 7. The number of anilines is 6. The van der Waals surface area contributed by atoms with Crippen LogP contribution in [0.4, 0.5) is 34.1 Å². The second-order valence-electron chi connectivity index (χ2n) is 18.4. The van der Waals surface area contributed by atoms with Crippen LogP contribution in [0.5, 0.6) is 0 Å². The van der Waals surface area contributed by atoms with Crippen molar-refractivity contribution >= 4 is 110 Å². The third-order valence-corrected chi connectivity index (χ3v) is 14.5. The van der Waals surface area contributed by atoms with Gasteiger partial charge in [-0.2, -0.15) is 0 Å². The topological polar surface area (TPSA) is 19.6 Å². The molecule has 0 unspecified atom stereocenters. The summed E-state index contributed by atoms with van der Waals surface area (Å²) in [6.45, 7) is 4.78. The first-order valence-electron chi connectivity index (χ1n) is 22.9. The van der Waals surface area contributed by atoms with Crippen LogP contribution in [-0.2, 0) is 5.41 Å². The van der Waals surface area contributed by atoms with Crippen molar-refractivity contribution in [1.29, 1.82) is 0 Å². The molecule has 3 nitrogen and oxygen atoms in total. The molecule has 12 aromatic carbocycles. The second kappa shape index (κ2) is 13.8. The molecule has 0 bridgehead atoms. The Hall–Kier alpha value is -8.40. The van der Waals surface area contributed by atoms with Crippen molar-refractivity contribution in [3.05, 3.63) is 230 Å². The fourth-order valence-electron chi connectivity index (χ4n) is 11.5. The summed E-state index contributed by atoms with van der Waals surface area (Å²) in [5.74, 6) is 0. The fraction of sp³-hybridized carbons (Fsp3) is 0.0476. The van der Waals surface area contributed by atoms with Crippen LogP contribution in [0.3, 0.4) is 0 Å². The Kier molecular flexibility index (Phi) is 7.74. The Balaban J connectivity index is 1.04. The van der Waals surface area contributed by atoms with Crippen molar-refractivity contribution in [2.24, 2.45) is 0 Å². The van der Waals surface area contributed by atoms with Crippen molar-refractivity contribution in [2.45, 2.75) is 19.3 Å². The highest BCUT2D eigenvalue weighted by Crippen LogP contribution is 2.53. The van der Waals surface area contributed by atoms with Gasteiger partial charge in [0.25, 0.3) is 0 Å². The first-order chi connectivity index (χ1) is 32.5. The molecule has 66 heavy (non-hydrogen) atoms. The van der Waals surface area contributed by atoms with E-state index in [1.807, 2.05) is 6.07 Å². The maximum Gasteiger partial charge on any atom is 0.135 e. The van der Waals surface area contributed by atoms with Gasteiger partial charge in [-0.3, -0.25) is 0 Å².